The number of rotatable bonds is 5. The molecule has 0 saturated heterocycles. The van der Waals surface area contributed by atoms with Gasteiger partial charge in [-0.25, -0.2) is 0 Å². The van der Waals surface area contributed by atoms with E-state index in [1.165, 1.54) is 6.20 Å². The van der Waals surface area contributed by atoms with Crippen molar-refractivity contribution in [2.24, 2.45) is 11.6 Å². The molecular weight excluding hydrogens is 138 g/mol. The van der Waals surface area contributed by atoms with Gasteiger partial charge in [-0.2, -0.15) is 4.89 Å². The molecule has 60 valence electrons. The zero-order valence-electron chi connectivity index (χ0n) is 5.66. The minimum Gasteiger partial charge on any atom is -0.366 e. The average Bonchev–Trinajstić information content (AvgIpc) is 1.89. The molecule has 0 saturated carbocycles. The van der Waals surface area contributed by atoms with Crippen molar-refractivity contribution >= 4 is 0 Å². The third-order valence-corrected chi connectivity index (χ3v) is 0.522. The van der Waals surface area contributed by atoms with Crippen LogP contribution in [-0.2, 0) is 14.8 Å². The lowest BCUT2D eigenvalue weighted by Gasteiger charge is -2.00. The highest BCUT2D eigenvalue weighted by Crippen LogP contribution is 1.86. The first-order valence-electron chi connectivity index (χ1n) is 2.69. The third-order valence-electron chi connectivity index (χ3n) is 0.522. The quantitative estimate of drug-likeness (QED) is 0.154. The maximum atomic E-state index is 5.12. The Morgan fingerprint density at radius 2 is 2.40 bits per heavy atom. The van der Waals surface area contributed by atoms with Crippen LogP contribution in [0.3, 0.4) is 0 Å². The highest BCUT2D eigenvalue weighted by atomic mass is 17.5. The molecule has 0 bridgehead atoms. The fourth-order valence-electron chi connectivity index (χ4n) is 0.218. The van der Waals surface area contributed by atoms with Crippen LogP contribution in [0.1, 0.15) is 6.92 Å². The summed E-state index contributed by atoms with van der Waals surface area (Å²) < 4.78 is 0. The Kier molecular flexibility index (Phi) is 5.54. The minimum absolute atomic E-state index is 0.0176. The molecule has 0 heterocycles. The second-order valence-corrected chi connectivity index (χ2v) is 1.27. The molecule has 10 heavy (non-hydrogen) atoms. The maximum Gasteiger partial charge on any atom is 0.248 e. The molecule has 0 rings (SSSR count). The van der Waals surface area contributed by atoms with Crippen LogP contribution in [0.4, 0.5) is 0 Å². The van der Waals surface area contributed by atoms with Gasteiger partial charge in [-0.15, -0.1) is 0 Å². The van der Waals surface area contributed by atoms with E-state index in [2.05, 4.69) is 20.2 Å². The molecule has 0 aliphatic carbocycles. The molecule has 0 aromatic rings. The standard InChI is InChI=1S/C4H11N3O3/c1-2-8-10-9-4(5)3-7-6/h3,7H,2,5-6H2,1H3/b4-3+. The van der Waals surface area contributed by atoms with E-state index in [0.29, 0.717) is 6.61 Å². The van der Waals surface area contributed by atoms with Crippen LogP contribution in [0.15, 0.2) is 12.1 Å². The highest BCUT2D eigenvalue weighted by Gasteiger charge is 1.89. The predicted octanol–water partition coefficient (Wildman–Crippen LogP) is -0.893. The van der Waals surface area contributed by atoms with E-state index in [-0.39, 0.29) is 5.88 Å². The summed E-state index contributed by atoms with van der Waals surface area (Å²) in [4.78, 5) is 8.64. The van der Waals surface area contributed by atoms with Crippen LogP contribution in [0.5, 0.6) is 0 Å². The molecule has 6 nitrogen and oxygen atoms in total. The lowest BCUT2D eigenvalue weighted by atomic mass is 10.9. The van der Waals surface area contributed by atoms with Gasteiger partial charge in [-0.3, -0.25) is 10.7 Å². The Bertz CT molecular complexity index is 106. The Hall–Kier alpha value is -0.980. The summed E-state index contributed by atoms with van der Waals surface area (Å²) in [7, 11) is 0. The van der Waals surface area contributed by atoms with Crippen molar-refractivity contribution in [2.75, 3.05) is 6.61 Å². The summed E-state index contributed by atoms with van der Waals surface area (Å²) in [6.45, 7) is 2.12. The highest BCUT2D eigenvalue weighted by molar-refractivity contribution is 4.80. The first-order valence-corrected chi connectivity index (χ1v) is 2.69. The van der Waals surface area contributed by atoms with Crippen LogP contribution in [0, 0.1) is 0 Å². The van der Waals surface area contributed by atoms with E-state index < -0.39 is 0 Å². The second kappa shape index (κ2) is 6.14. The summed E-state index contributed by atoms with van der Waals surface area (Å²) in [6, 6.07) is 0. The fourth-order valence-corrected chi connectivity index (χ4v) is 0.218. The van der Waals surface area contributed by atoms with Crippen molar-refractivity contribution in [1.29, 1.82) is 0 Å². The van der Waals surface area contributed by atoms with E-state index in [4.69, 9.17) is 11.6 Å². The monoisotopic (exact) mass is 149 g/mol. The Morgan fingerprint density at radius 3 is 2.90 bits per heavy atom. The van der Waals surface area contributed by atoms with E-state index in [0.717, 1.165) is 0 Å². The molecule has 0 fully saturated rings. The topological polar surface area (TPSA) is 91.8 Å². The first kappa shape index (κ1) is 9.02. The van der Waals surface area contributed by atoms with E-state index in [1.54, 1.807) is 6.92 Å². The first-order chi connectivity index (χ1) is 4.81. The van der Waals surface area contributed by atoms with Gasteiger partial charge in [0.05, 0.1) is 12.8 Å². The van der Waals surface area contributed by atoms with Crippen molar-refractivity contribution in [1.82, 2.24) is 5.43 Å². The molecule has 5 N–H and O–H groups in total. The molecule has 0 aromatic heterocycles. The zero-order chi connectivity index (χ0) is 7.82. The minimum atomic E-state index is -0.0176. The van der Waals surface area contributed by atoms with Crippen molar-refractivity contribution in [3.8, 4) is 0 Å². The Morgan fingerprint density at radius 1 is 1.70 bits per heavy atom. The molecule has 0 spiro atoms. The summed E-state index contributed by atoms with van der Waals surface area (Å²) in [5.74, 6) is 4.83. The van der Waals surface area contributed by atoms with Gasteiger partial charge in [-0.1, -0.05) is 0 Å². The number of hydrazine groups is 1. The molecule has 0 aliphatic heterocycles. The lowest BCUT2D eigenvalue weighted by molar-refractivity contribution is -0.495. The van der Waals surface area contributed by atoms with E-state index >= 15 is 0 Å². The molecule has 6 heteroatoms. The van der Waals surface area contributed by atoms with Gasteiger partial charge in [0.15, 0.2) is 0 Å². The van der Waals surface area contributed by atoms with Gasteiger partial charge < -0.3 is 11.2 Å². The SMILES string of the molecule is CCOOO/C(N)=C/NN. The van der Waals surface area contributed by atoms with Gasteiger partial charge in [-0.05, 0) is 12.0 Å². The van der Waals surface area contributed by atoms with Crippen LogP contribution >= 0.6 is 0 Å². The van der Waals surface area contributed by atoms with Crippen molar-refractivity contribution in [3.63, 3.8) is 0 Å². The maximum absolute atomic E-state index is 5.12. The van der Waals surface area contributed by atoms with Gasteiger partial charge in [0.25, 0.3) is 0 Å². The third kappa shape index (κ3) is 5.16. The molecular formula is C4H11N3O3. The lowest BCUT2D eigenvalue weighted by Crippen LogP contribution is -2.17. The summed E-state index contributed by atoms with van der Waals surface area (Å²) >= 11 is 0. The Balaban J connectivity index is 3.21. The molecule has 0 atom stereocenters. The van der Waals surface area contributed by atoms with Crippen LogP contribution in [-0.4, -0.2) is 6.61 Å². The number of hydrogen-bond donors (Lipinski definition) is 3. The fraction of sp³-hybridized carbons (Fsp3) is 0.500. The zero-order valence-corrected chi connectivity index (χ0v) is 5.66. The molecule has 0 amide bonds. The number of nitrogens with one attached hydrogen (secondary N) is 1. The van der Waals surface area contributed by atoms with Gasteiger partial charge in [0.2, 0.25) is 5.88 Å². The van der Waals surface area contributed by atoms with Crippen LogP contribution in [0.2, 0.25) is 0 Å². The molecule has 0 unspecified atom stereocenters. The number of nitrogens with two attached hydrogens (primary N) is 2. The number of hydrogen-bond acceptors (Lipinski definition) is 6. The summed E-state index contributed by atoms with van der Waals surface area (Å²) in [6.07, 6.45) is 1.21. The molecule has 0 aromatic carbocycles. The van der Waals surface area contributed by atoms with Crippen molar-refractivity contribution in [2.45, 2.75) is 6.92 Å². The average molecular weight is 149 g/mol. The second-order valence-electron chi connectivity index (χ2n) is 1.27. The van der Waals surface area contributed by atoms with E-state index in [1.807, 2.05) is 0 Å². The van der Waals surface area contributed by atoms with Crippen LogP contribution < -0.4 is 17.0 Å². The van der Waals surface area contributed by atoms with Gasteiger partial charge in [0.1, 0.15) is 0 Å². The molecule has 0 radical (unpaired) electrons. The molecule has 0 aliphatic rings. The van der Waals surface area contributed by atoms with Crippen LogP contribution in [0.25, 0.3) is 0 Å². The Labute approximate surface area is 58.5 Å². The predicted molar refractivity (Wildman–Crippen MR) is 33.4 cm³/mol. The van der Waals surface area contributed by atoms with E-state index in [9.17, 15) is 0 Å². The summed E-state index contributed by atoms with van der Waals surface area (Å²) in [5, 5.41) is 4.11. The van der Waals surface area contributed by atoms with Gasteiger partial charge in [0, 0.05) is 0 Å². The largest absolute Gasteiger partial charge is 0.366 e. The van der Waals surface area contributed by atoms with Gasteiger partial charge >= 0.3 is 0 Å². The normalized spacial score (nSPS) is 11.2. The smallest absolute Gasteiger partial charge is 0.248 e. The van der Waals surface area contributed by atoms with Crippen molar-refractivity contribution in [3.05, 3.63) is 12.1 Å². The summed E-state index contributed by atoms with van der Waals surface area (Å²) in [5.41, 5.74) is 7.26. The van der Waals surface area contributed by atoms with Crippen molar-refractivity contribution < 1.29 is 14.8 Å².